The number of hydrogen-bond donors (Lipinski definition) is 1. The number of halogens is 1. The zero-order valence-electron chi connectivity index (χ0n) is 16.1. The highest BCUT2D eigenvalue weighted by Crippen LogP contribution is 2.33. The molecule has 27 heavy (non-hydrogen) atoms. The molecule has 3 rings (SSSR count). The molecule has 1 amide bonds. The maximum atomic E-state index is 13.7. The lowest BCUT2D eigenvalue weighted by atomic mass is 10.1. The van der Waals surface area contributed by atoms with Gasteiger partial charge in [0.25, 0.3) is 5.91 Å². The monoisotopic (exact) mass is 376 g/mol. The van der Waals surface area contributed by atoms with Crippen LogP contribution in [-0.4, -0.2) is 63.9 Å². The van der Waals surface area contributed by atoms with Crippen molar-refractivity contribution in [1.82, 2.24) is 15.4 Å². The van der Waals surface area contributed by atoms with Crippen LogP contribution in [0.3, 0.4) is 0 Å². The smallest absolute Gasteiger partial charge is 0.259 e. The van der Waals surface area contributed by atoms with Crippen LogP contribution in [0.2, 0.25) is 0 Å². The van der Waals surface area contributed by atoms with Crippen molar-refractivity contribution >= 4 is 11.7 Å². The molecule has 1 aromatic heterocycles. The molecule has 8 heteroatoms. The molecule has 1 aliphatic heterocycles. The van der Waals surface area contributed by atoms with Crippen LogP contribution in [0.15, 0.2) is 22.7 Å². The van der Waals surface area contributed by atoms with Crippen molar-refractivity contribution in [2.75, 3.05) is 52.8 Å². The molecule has 0 radical (unpaired) electrons. The average molecular weight is 376 g/mol. The van der Waals surface area contributed by atoms with Crippen LogP contribution in [-0.2, 0) is 0 Å². The number of hydrogen-bond acceptors (Lipinski definition) is 6. The number of methoxy groups -OCH3 is 1. The minimum atomic E-state index is -0.482. The Morgan fingerprint density at radius 1 is 1.48 bits per heavy atom. The lowest BCUT2D eigenvalue weighted by Crippen LogP contribution is -2.31. The first kappa shape index (κ1) is 19.2. The van der Waals surface area contributed by atoms with Crippen molar-refractivity contribution in [2.24, 2.45) is 5.92 Å². The molecule has 0 aliphatic carbocycles. The van der Waals surface area contributed by atoms with Crippen LogP contribution in [0.5, 0.6) is 5.75 Å². The number of ether oxygens (including phenoxy) is 1. The number of carbonyl (C=O) groups excluding carboxylic acids is 1. The van der Waals surface area contributed by atoms with Crippen LogP contribution < -0.4 is 15.0 Å². The van der Waals surface area contributed by atoms with Gasteiger partial charge in [-0.3, -0.25) is 4.79 Å². The molecule has 2 aromatic rings. The summed E-state index contributed by atoms with van der Waals surface area (Å²) in [5.41, 5.74) is 0.861. The molecule has 1 aromatic carbocycles. The van der Waals surface area contributed by atoms with Crippen molar-refractivity contribution in [3.8, 4) is 17.1 Å². The Hall–Kier alpha value is -2.61. The topological polar surface area (TPSA) is 70.8 Å². The average Bonchev–Trinajstić information content (AvgIpc) is 3.26. The lowest BCUT2D eigenvalue weighted by molar-refractivity contribution is 0.0948. The molecule has 1 N–H and O–H groups in total. The number of benzene rings is 1. The van der Waals surface area contributed by atoms with Crippen molar-refractivity contribution in [3.63, 3.8) is 0 Å². The normalized spacial score (nSPS) is 17.1. The molecule has 0 bridgehead atoms. The second kappa shape index (κ2) is 7.96. The van der Waals surface area contributed by atoms with Gasteiger partial charge in [-0.05, 0) is 44.1 Å². The molecule has 2 heterocycles. The molecule has 146 valence electrons. The van der Waals surface area contributed by atoms with Gasteiger partial charge in [-0.15, -0.1) is 0 Å². The van der Waals surface area contributed by atoms with E-state index in [0.29, 0.717) is 29.4 Å². The van der Waals surface area contributed by atoms with Crippen LogP contribution in [0.1, 0.15) is 16.8 Å². The first-order valence-electron chi connectivity index (χ1n) is 8.88. The van der Waals surface area contributed by atoms with E-state index in [1.165, 1.54) is 19.2 Å². The van der Waals surface area contributed by atoms with E-state index in [1.54, 1.807) is 25.1 Å². The second-order valence-corrected chi connectivity index (χ2v) is 7.08. The predicted octanol–water partition coefficient (Wildman–Crippen LogP) is 2.24. The predicted molar refractivity (Wildman–Crippen MR) is 101 cm³/mol. The van der Waals surface area contributed by atoms with Gasteiger partial charge < -0.3 is 24.4 Å². The molecule has 0 saturated carbocycles. The van der Waals surface area contributed by atoms with Gasteiger partial charge in [-0.2, -0.15) is 0 Å². The van der Waals surface area contributed by atoms with Gasteiger partial charge in [0.2, 0.25) is 0 Å². The number of nitrogens with one attached hydrogen (secondary N) is 1. The van der Waals surface area contributed by atoms with E-state index in [4.69, 9.17) is 9.26 Å². The number of anilines is 1. The Kier molecular flexibility index (Phi) is 5.65. The van der Waals surface area contributed by atoms with Crippen LogP contribution >= 0.6 is 0 Å². The van der Waals surface area contributed by atoms with E-state index >= 15 is 0 Å². The van der Waals surface area contributed by atoms with Gasteiger partial charge in [0.05, 0.1) is 7.11 Å². The van der Waals surface area contributed by atoms with E-state index in [0.717, 1.165) is 19.5 Å². The summed E-state index contributed by atoms with van der Waals surface area (Å²) in [6.07, 6.45) is 1.06. The van der Waals surface area contributed by atoms with Crippen LogP contribution in [0, 0.1) is 11.7 Å². The fraction of sp³-hybridized carbons (Fsp3) is 0.474. The number of carbonyl (C=O) groups is 1. The Morgan fingerprint density at radius 3 is 2.89 bits per heavy atom. The molecule has 1 atom stereocenters. The third-order valence-electron chi connectivity index (χ3n) is 4.78. The van der Waals surface area contributed by atoms with E-state index < -0.39 is 5.82 Å². The van der Waals surface area contributed by atoms with Gasteiger partial charge in [-0.1, -0.05) is 5.16 Å². The standard InChI is InChI=1S/C19H25FN4O3/c1-23(2)18-16(19(25)21-10-12-7-8-24(3)11-12)17(27-22-18)13-5-6-14(20)15(9-13)26-4/h5-6,9,12H,7-8,10-11H2,1-4H3,(H,21,25). The third-order valence-corrected chi connectivity index (χ3v) is 4.78. The van der Waals surface area contributed by atoms with Gasteiger partial charge >= 0.3 is 0 Å². The summed E-state index contributed by atoms with van der Waals surface area (Å²) in [5.74, 6) is 0.483. The molecule has 1 unspecified atom stereocenters. The van der Waals surface area contributed by atoms with Gasteiger partial charge in [-0.25, -0.2) is 4.39 Å². The summed E-state index contributed by atoms with van der Waals surface area (Å²) < 4.78 is 24.2. The largest absolute Gasteiger partial charge is 0.494 e. The Morgan fingerprint density at radius 2 is 2.26 bits per heavy atom. The summed E-state index contributed by atoms with van der Waals surface area (Å²) in [7, 11) is 7.04. The Labute approximate surface area is 158 Å². The Bertz CT molecular complexity index is 821. The first-order valence-corrected chi connectivity index (χ1v) is 8.88. The van der Waals surface area contributed by atoms with Gasteiger partial charge in [0.15, 0.2) is 23.1 Å². The highest BCUT2D eigenvalue weighted by atomic mass is 19.1. The van der Waals surface area contributed by atoms with Gasteiger partial charge in [0.1, 0.15) is 5.56 Å². The number of amides is 1. The number of likely N-dealkylation sites (tertiary alicyclic amines) is 1. The van der Waals surface area contributed by atoms with Crippen molar-refractivity contribution in [1.29, 1.82) is 0 Å². The maximum Gasteiger partial charge on any atom is 0.259 e. The number of rotatable bonds is 6. The van der Waals surface area contributed by atoms with E-state index in [9.17, 15) is 9.18 Å². The summed E-state index contributed by atoms with van der Waals surface area (Å²) >= 11 is 0. The first-order chi connectivity index (χ1) is 12.9. The highest BCUT2D eigenvalue weighted by molar-refractivity contribution is 6.04. The molecule has 1 saturated heterocycles. The zero-order chi connectivity index (χ0) is 19.6. The molecule has 1 fully saturated rings. The Balaban J connectivity index is 1.88. The molecule has 7 nitrogen and oxygen atoms in total. The third kappa shape index (κ3) is 4.05. The molecular formula is C19H25FN4O3. The van der Waals surface area contributed by atoms with Gasteiger partial charge in [0, 0.05) is 32.7 Å². The van der Waals surface area contributed by atoms with E-state index in [-0.39, 0.29) is 17.4 Å². The van der Waals surface area contributed by atoms with E-state index in [1.807, 2.05) is 0 Å². The summed E-state index contributed by atoms with van der Waals surface area (Å²) in [6, 6.07) is 4.32. The quantitative estimate of drug-likeness (QED) is 0.834. The maximum absolute atomic E-state index is 13.7. The van der Waals surface area contributed by atoms with Crippen molar-refractivity contribution in [3.05, 3.63) is 29.6 Å². The minimum absolute atomic E-state index is 0.0793. The van der Waals surface area contributed by atoms with Crippen LogP contribution in [0.25, 0.3) is 11.3 Å². The second-order valence-electron chi connectivity index (χ2n) is 7.08. The summed E-state index contributed by atoms with van der Waals surface area (Å²) in [6.45, 7) is 2.59. The summed E-state index contributed by atoms with van der Waals surface area (Å²) in [5, 5.41) is 7.03. The number of nitrogens with zero attached hydrogens (tertiary/aromatic N) is 3. The molecule has 0 spiro atoms. The highest BCUT2D eigenvalue weighted by Gasteiger charge is 2.27. The number of aromatic nitrogens is 1. The zero-order valence-corrected chi connectivity index (χ0v) is 16.1. The van der Waals surface area contributed by atoms with Crippen LogP contribution in [0.4, 0.5) is 10.2 Å². The van der Waals surface area contributed by atoms with Crippen molar-refractivity contribution < 1.29 is 18.4 Å². The fourth-order valence-electron chi connectivity index (χ4n) is 3.31. The fourth-order valence-corrected chi connectivity index (χ4v) is 3.31. The minimum Gasteiger partial charge on any atom is -0.494 e. The molecular weight excluding hydrogens is 351 g/mol. The summed E-state index contributed by atoms with van der Waals surface area (Å²) in [4.78, 5) is 16.9. The molecule has 1 aliphatic rings. The van der Waals surface area contributed by atoms with E-state index in [2.05, 4.69) is 22.4 Å². The van der Waals surface area contributed by atoms with Crippen molar-refractivity contribution in [2.45, 2.75) is 6.42 Å². The lowest BCUT2D eigenvalue weighted by Gasteiger charge is -2.14. The SMILES string of the molecule is COc1cc(-c2onc(N(C)C)c2C(=O)NCC2CCN(C)C2)ccc1F.